The fourth-order valence-electron chi connectivity index (χ4n) is 4.72. The summed E-state index contributed by atoms with van der Waals surface area (Å²) in [5, 5.41) is 10.2. The van der Waals surface area contributed by atoms with E-state index in [4.69, 9.17) is 9.78 Å². The van der Waals surface area contributed by atoms with Crippen LogP contribution in [0.25, 0.3) is 11.6 Å². The summed E-state index contributed by atoms with van der Waals surface area (Å²) in [5.74, 6) is -0.445. The fourth-order valence-corrected chi connectivity index (χ4v) is 4.72. The van der Waals surface area contributed by atoms with Gasteiger partial charge in [-0.1, -0.05) is 81.4 Å². The molecule has 1 aliphatic heterocycles. The second-order valence-electron chi connectivity index (χ2n) is 9.95. The molecule has 37 heavy (non-hydrogen) atoms. The maximum absolute atomic E-state index is 13.9. The van der Waals surface area contributed by atoms with Crippen LogP contribution in [0, 0.1) is 0 Å². The summed E-state index contributed by atoms with van der Waals surface area (Å²) >= 11 is 0. The first-order chi connectivity index (χ1) is 17.7. The number of ketones is 1. The Kier molecular flexibility index (Phi) is 6.14. The highest BCUT2D eigenvalue weighted by Crippen LogP contribution is 2.39. The average molecular weight is 491 g/mol. The van der Waals surface area contributed by atoms with E-state index in [9.17, 15) is 14.7 Å². The standard InChI is InChI=1S/C32H26O5/c1-32(2,3)29-25(30(33)24-15-14-22-18-28(24)37-36-22)17-16-23(31(34)35)27(29)19-26(20-10-6-4-7-11-20)21-12-8-5-9-13-21/h4-19H,1-3H3,(H,34,35). The molecule has 0 amide bonds. The number of rotatable bonds is 6. The first-order valence-corrected chi connectivity index (χ1v) is 12.0. The molecular weight excluding hydrogens is 464 g/mol. The molecule has 0 saturated carbocycles. The Morgan fingerprint density at radius 3 is 1.86 bits per heavy atom. The van der Waals surface area contributed by atoms with Gasteiger partial charge in [0.1, 0.15) is 0 Å². The highest BCUT2D eigenvalue weighted by molar-refractivity contribution is 6.13. The Labute approximate surface area is 215 Å². The van der Waals surface area contributed by atoms with Gasteiger partial charge >= 0.3 is 5.97 Å². The Balaban J connectivity index is 1.80. The Morgan fingerprint density at radius 2 is 1.30 bits per heavy atom. The van der Waals surface area contributed by atoms with Gasteiger partial charge in [-0.05, 0) is 63.6 Å². The van der Waals surface area contributed by atoms with Crippen LogP contribution in [0.4, 0.5) is 0 Å². The predicted octanol–water partition coefficient (Wildman–Crippen LogP) is 7.19. The van der Waals surface area contributed by atoms with Crippen molar-refractivity contribution in [2.24, 2.45) is 0 Å². The summed E-state index contributed by atoms with van der Waals surface area (Å²) in [6, 6.07) is 27.8. The number of hydrogen-bond donors (Lipinski definition) is 1. The lowest BCUT2D eigenvalue weighted by molar-refractivity contribution is -0.0849. The summed E-state index contributed by atoms with van der Waals surface area (Å²) in [4.78, 5) is 36.7. The summed E-state index contributed by atoms with van der Waals surface area (Å²) in [6.07, 6.45) is 1.90. The lowest BCUT2D eigenvalue weighted by atomic mass is 9.76. The highest BCUT2D eigenvalue weighted by atomic mass is 17.2. The molecule has 1 heterocycles. The van der Waals surface area contributed by atoms with Gasteiger partial charge in [0.25, 0.3) is 0 Å². The van der Waals surface area contributed by atoms with E-state index in [0.717, 1.165) is 16.7 Å². The van der Waals surface area contributed by atoms with E-state index in [2.05, 4.69) is 0 Å². The molecule has 5 nitrogen and oxygen atoms in total. The van der Waals surface area contributed by atoms with Crippen LogP contribution in [0.5, 0.6) is 11.5 Å². The molecule has 0 aliphatic carbocycles. The smallest absolute Gasteiger partial charge is 0.336 e. The SMILES string of the molecule is CC(C)(C)c1c(C(=O)c2ccc3cc2OO3)ccc(C(=O)O)c1C=C(c1ccccc1)c1ccccc1. The number of aromatic carboxylic acids is 1. The molecule has 0 spiro atoms. The Morgan fingerprint density at radius 1 is 0.730 bits per heavy atom. The quantitative estimate of drug-likeness (QED) is 0.176. The molecule has 0 aromatic heterocycles. The molecule has 0 unspecified atom stereocenters. The zero-order valence-corrected chi connectivity index (χ0v) is 20.8. The molecule has 4 aromatic rings. The second-order valence-corrected chi connectivity index (χ2v) is 9.95. The van der Waals surface area contributed by atoms with Gasteiger partial charge in [-0.25, -0.2) is 4.79 Å². The predicted molar refractivity (Wildman–Crippen MR) is 143 cm³/mol. The molecule has 5 rings (SSSR count). The van der Waals surface area contributed by atoms with Crippen LogP contribution in [-0.2, 0) is 5.41 Å². The first kappa shape index (κ1) is 24.1. The Hall–Kier alpha value is -4.64. The maximum atomic E-state index is 13.9. The topological polar surface area (TPSA) is 72.8 Å². The van der Waals surface area contributed by atoms with Crippen molar-refractivity contribution in [1.82, 2.24) is 0 Å². The molecule has 0 fully saturated rings. The molecule has 0 atom stereocenters. The van der Waals surface area contributed by atoms with Gasteiger partial charge in [0.15, 0.2) is 17.3 Å². The van der Waals surface area contributed by atoms with E-state index >= 15 is 0 Å². The highest BCUT2D eigenvalue weighted by Gasteiger charge is 2.31. The van der Waals surface area contributed by atoms with Gasteiger partial charge in [-0.3, -0.25) is 14.6 Å². The largest absolute Gasteiger partial charge is 0.478 e. The molecule has 1 N–H and O–H groups in total. The summed E-state index contributed by atoms with van der Waals surface area (Å²) in [6.45, 7) is 5.94. The van der Waals surface area contributed by atoms with Crippen molar-refractivity contribution in [3.8, 4) is 11.5 Å². The van der Waals surface area contributed by atoms with Crippen LogP contribution in [0.1, 0.15) is 69.3 Å². The third kappa shape index (κ3) is 4.64. The van der Waals surface area contributed by atoms with E-state index in [1.807, 2.05) is 87.5 Å². The molecule has 184 valence electrons. The third-order valence-electron chi connectivity index (χ3n) is 6.35. The molecule has 4 aromatic carbocycles. The first-order valence-electron chi connectivity index (χ1n) is 12.0. The van der Waals surface area contributed by atoms with Crippen LogP contribution in [0.3, 0.4) is 0 Å². The molecule has 0 radical (unpaired) electrons. The van der Waals surface area contributed by atoms with Gasteiger partial charge in [0, 0.05) is 11.6 Å². The summed E-state index contributed by atoms with van der Waals surface area (Å²) < 4.78 is 0. The number of carboxylic acids is 1. The van der Waals surface area contributed by atoms with Crippen LogP contribution >= 0.6 is 0 Å². The monoisotopic (exact) mass is 490 g/mol. The van der Waals surface area contributed by atoms with Crippen LogP contribution in [-0.4, -0.2) is 16.9 Å². The fraction of sp³-hybridized carbons (Fsp3) is 0.125. The number of carbonyl (C=O) groups is 2. The van der Waals surface area contributed by atoms with Crippen molar-refractivity contribution in [1.29, 1.82) is 0 Å². The van der Waals surface area contributed by atoms with Gasteiger partial charge in [-0.15, -0.1) is 0 Å². The summed E-state index contributed by atoms with van der Waals surface area (Å²) in [7, 11) is 0. The number of hydrogen-bond acceptors (Lipinski definition) is 4. The number of benzene rings is 4. The zero-order valence-electron chi connectivity index (χ0n) is 20.8. The molecule has 1 aliphatic rings. The van der Waals surface area contributed by atoms with Crippen molar-refractivity contribution < 1.29 is 24.5 Å². The van der Waals surface area contributed by atoms with Crippen molar-refractivity contribution in [2.45, 2.75) is 26.2 Å². The van der Waals surface area contributed by atoms with Gasteiger partial charge in [0.05, 0.1) is 11.1 Å². The lowest BCUT2D eigenvalue weighted by Crippen LogP contribution is -2.21. The van der Waals surface area contributed by atoms with Gasteiger partial charge in [-0.2, -0.15) is 0 Å². The zero-order chi connectivity index (χ0) is 26.2. The Bertz CT molecular complexity index is 1490. The van der Waals surface area contributed by atoms with Gasteiger partial charge < -0.3 is 5.11 Å². The molecule has 5 heteroatoms. The van der Waals surface area contributed by atoms with E-state index in [-0.39, 0.29) is 11.3 Å². The van der Waals surface area contributed by atoms with Crippen LogP contribution in [0.2, 0.25) is 0 Å². The van der Waals surface area contributed by atoms with Crippen molar-refractivity contribution in [3.05, 3.63) is 130 Å². The third-order valence-corrected chi connectivity index (χ3v) is 6.35. The van der Waals surface area contributed by atoms with Gasteiger partial charge in [0.2, 0.25) is 0 Å². The minimum Gasteiger partial charge on any atom is -0.478 e. The van der Waals surface area contributed by atoms with E-state index < -0.39 is 11.4 Å². The molecule has 2 bridgehead atoms. The lowest BCUT2D eigenvalue weighted by Gasteiger charge is -2.27. The van der Waals surface area contributed by atoms with Crippen molar-refractivity contribution in [2.75, 3.05) is 0 Å². The average Bonchev–Trinajstić information content (AvgIpc) is 3.27. The maximum Gasteiger partial charge on any atom is 0.336 e. The summed E-state index contributed by atoms with van der Waals surface area (Å²) in [5.41, 5.74) is 4.24. The van der Waals surface area contributed by atoms with Crippen molar-refractivity contribution >= 4 is 23.4 Å². The minimum atomic E-state index is -1.06. The number of carboxylic acid groups (broad SMARTS) is 1. The van der Waals surface area contributed by atoms with Crippen LogP contribution in [0.15, 0.2) is 91.0 Å². The van der Waals surface area contributed by atoms with E-state index in [0.29, 0.717) is 33.8 Å². The molecular formula is C32H26O5. The van der Waals surface area contributed by atoms with E-state index in [1.165, 1.54) is 6.07 Å². The number of carbonyl (C=O) groups excluding carboxylic acids is 1. The minimum absolute atomic E-state index is 0.130. The molecule has 0 saturated heterocycles. The van der Waals surface area contributed by atoms with Crippen molar-refractivity contribution in [3.63, 3.8) is 0 Å². The normalized spacial score (nSPS) is 11.9. The van der Waals surface area contributed by atoms with E-state index in [1.54, 1.807) is 24.3 Å². The van der Waals surface area contributed by atoms with Crippen LogP contribution < -0.4 is 9.78 Å². The number of fused-ring (bicyclic) bond motifs is 2. The second kappa shape index (κ2) is 9.43.